The SMILES string of the molecule is CCC(Nc1ccccn1)N1CCNCC1. The van der Waals surface area contributed by atoms with Crippen molar-refractivity contribution in [1.82, 2.24) is 15.2 Å². The Kier molecular flexibility index (Phi) is 4.13. The molecule has 2 heterocycles. The van der Waals surface area contributed by atoms with E-state index in [4.69, 9.17) is 0 Å². The molecule has 16 heavy (non-hydrogen) atoms. The number of piperazine rings is 1. The minimum atomic E-state index is 0.400. The fourth-order valence-electron chi connectivity index (χ4n) is 2.06. The maximum Gasteiger partial charge on any atom is 0.127 e. The molecule has 0 radical (unpaired) electrons. The zero-order valence-corrected chi connectivity index (χ0v) is 9.82. The second-order valence-electron chi connectivity index (χ2n) is 4.07. The van der Waals surface area contributed by atoms with E-state index in [0.717, 1.165) is 38.4 Å². The minimum Gasteiger partial charge on any atom is -0.355 e. The average Bonchev–Trinajstić information content (AvgIpc) is 2.38. The molecule has 1 aromatic rings. The summed E-state index contributed by atoms with van der Waals surface area (Å²) in [7, 11) is 0. The number of hydrogen-bond acceptors (Lipinski definition) is 4. The van der Waals surface area contributed by atoms with Gasteiger partial charge >= 0.3 is 0 Å². The lowest BCUT2D eigenvalue weighted by Crippen LogP contribution is -2.51. The van der Waals surface area contributed by atoms with Crippen molar-refractivity contribution < 1.29 is 0 Å². The molecule has 0 saturated carbocycles. The highest BCUT2D eigenvalue weighted by molar-refractivity contribution is 5.34. The molecule has 1 atom stereocenters. The maximum atomic E-state index is 4.31. The van der Waals surface area contributed by atoms with Crippen LogP contribution in [0.2, 0.25) is 0 Å². The van der Waals surface area contributed by atoms with E-state index < -0.39 is 0 Å². The Morgan fingerprint density at radius 3 is 2.88 bits per heavy atom. The first-order chi connectivity index (χ1) is 7.90. The third-order valence-electron chi connectivity index (χ3n) is 2.96. The van der Waals surface area contributed by atoms with E-state index in [1.54, 1.807) is 0 Å². The van der Waals surface area contributed by atoms with Crippen LogP contribution in [-0.4, -0.2) is 42.2 Å². The first-order valence-corrected chi connectivity index (χ1v) is 6.02. The Balaban J connectivity index is 1.94. The van der Waals surface area contributed by atoms with Crippen LogP contribution in [0.5, 0.6) is 0 Å². The van der Waals surface area contributed by atoms with Crippen LogP contribution in [0.1, 0.15) is 13.3 Å². The molecular formula is C12H20N4. The Labute approximate surface area is 97.1 Å². The largest absolute Gasteiger partial charge is 0.355 e. The first kappa shape index (κ1) is 11.4. The Morgan fingerprint density at radius 1 is 1.44 bits per heavy atom. The molecule has 0 amide bonds. The van der Waals surface area contributed by atoms with Gasteiger partial charge in [0.05, 0.1) is 6.17 Å². The van der Waals surface area contributed by atoms with Crippen LogP contribution in [0.3, 0.4) is 0 Å². The van der Waals surface area contributed by atoms with Crippen molar-refractivity contribution in [2.24, 2.45) is 0 Å². The molecule has 0 aliphatic carbocycles. The van der Waals surface area contributed by atoms with Crippen molar-refractivity contribution in [3.8, 4) is 0 Å². The summed E-state index contributed by atoms with van der Waals surface area (Å²) in [5.74, 6) is 0.966. The number of aromatic nitrogens is 1. The molecule has 4 heteroatoms. The van der Waals surface area contributed by atoms with Crippen LogP contribution in [0.4, 0.5) is 5.82 Å². The van der Waals surface area contributed by atoms with Crippen molar-refractivity contribution in [2.45, 2.75) is 19.5 Å². The first-order valence-electron chi connectivity index (χ1n) is 6.02. The predicted octanol–water partition coefficient (Wildman–Crippen LogP) is 1.13. The number of pyridine rings is 1. The summed E-state index contributed by atoms with van der Waals surface area (Å²) < 4.78 is 0. The lowest BCUT2D eigenvalue weighted by molar-refractivity contribution is 0.185. The minimum absolute atomic E-state index is 0.400. The van der Waals surface area contributed by atoms with Gasteiger partial charge in [0.1, 0.15) is 5.82 Å². The topological polar surface area (TPSA) is 40.2 Å². The summed E-state index contributed by atoms with van der Waals surface area (Å²) in [5.41, 5.74) is 0. The van der Waals surface area contributed by atoms with Gasteiger partial charge in [-0.15, -0.1) is 0 Å². The highest BCUT2D eigenvalue weighted by atomic mass is 15.3. The standard InChI is InChI=1S/C12H20N4/c1-2-12(16-9-7-13-8-10-16)15-11-5-3-4-6-14-11/h3-6,12-13H,2,7-10H2,1H3,(H,14,15). The molecule has 1 fully saturated rings. The zero-order chi connectivity index (χ0) is 11.2. The summed E-state index contributed by atoms with van der Waals surface area (Å²) in [6.45, 7) is 6.60. The second-order valence-corrected chi connectivity index (χ2v) is 4.07. The van der Waals surface area contributed by atoms with Gasteiger partial charge in [0, 0.05) is 32.4 Å². The molecule has 0 spiro atoms. The summed E-state index contributed by atoms with van der Waals surface area (Å²) >= 11 is 0. The second kappa shape index (κ2) is 5.82. The predicted molar refractivity (Wildman–Crippen MR) is 66.4 cm³/mol. The van der Waals surface area contributed by atoms with Gasteiger partial charge in [0.15, 0.2) is 0 Å². The quantitative estimate of drug-likeness (QED) is 0.798. The van der Waals surface area contributed by atoms with E-state index in [0.29, 0.717) is 6.17 Å². The van der Waals surface area contributed by atoms with Crippen molar-refractivity contribution >= 4 is 5.82 Å². The number of anilines is 1. The lowest BCUT2D eigenvalue weighted by atomic mass is 10.2. The third-order valence-corrected chi connectivity index (χ3v) is 2.96. The normalized spacial score (nSPS) is 19.3. The molecule has 1 saturated heterocycles. The molecule has 0 aromatic carbocycles. The number of nitrogens with one attached hydrogen (secondary N) is 2. The van der Waals surface area contributed by atoms with Gasteiger partial charge < -0.3 is 10.6 Å². The van der Waals surface area contributed by atoms with Crippen LogP contribution < -0.4 is 10.6 Å². The summed E-state index contributed by atoms with van der Waals surface area (Å²) in [6.07, 6.45) is 3.32. The molecule has 2 N–H and O–H groups in total. The van der Waals surface area contributed by atoms with E-state index in [9.17, 15) is 0 Å². The van der Waals surface area contributed by atoms with Gasteiger partial charge in [0.2, 0.25) is 0 Å². The molecule has 2 rings (SSSR count). The Morgan fingerprint density at radius 2 is 2.25 bits per heavy atom. The van der Waals surface area contributed by atoms with Crippen LogP contribution in [0.15, 0.2) is 24.4 Å². The van der Waals surface area contributed by atoms with E-state index >= 15 is 0 Å². The van der Waals surface area contributed by atoms with Crippen LogP contribution in [-0.2, 0) is 0 Å². The summed E-state index contributed by atoms with van der Waals surface area (Å²) in [4.78, 5) is 6.79. The van der Waals surface area contributed by atoms with E-state index in [-0.39, 0.29) is 0 Å². The monoisotopic (exact) mass is 220 g/mol. The molecular weight excluding hydrogens is 200 g/mol. The van der Waals surface area contributed by atoms with E-state index in [1.807, 2.05) is 24.4 Å². The zero-order valence-electron chi connectivity index (χ0n) is 9.82. The van der Waals surface area contributed by atoms with Crippen LogP contribution in [0, 0.1) is 0 Å². The molecule has 4 nitrogen and oxygen atoms in total. The summed E-state index contributed by atoms with van der Waals surface area (Å²) in [5, 5.41) is 6.86. The van der Waals surface area contributed by atoms with E-state index in [1.165, 1.54) is 0 Å². The van der Waals surface area contributed by atoms with Crippen LogP contribution in [0.25, 0.3) is 0 Å². The summed E-state index contributed by atoms with van der Waals surface area (Å²) in [6, 6.07) is 5.97. The maximum absolute atomic E-state index is 4.31. The Hall–Kier alpha value is -1.13. The highest BCUT2D eigenvalue weighted by Gasteiger charge is 2.18. The van der Waals surface area contributed by atoms with Gasteiger partial charge in [-0.1, -0.05) is 13.0 Å². The van der Waals surface area contributed by atoms with Crippen molar-refractivity contribution in [3.05, 3.63) is 24.4 Å². The fourth-order valence-corrected chi connectivity index (χ4v) is 2.06. The van der Waals surface area contributed by atoms with Crippen molar-refractivity contribution in [3.63, 3.8) is 0 Å². The third kappa shape index (κ3) is 2.93. The van der Waals surface area contributed by atoms with Gasteiger partial charge in [-0.05, 0) is 18.6 Å². The van der Waals surface area contributed by atoms with Gasteiger partial charge in [-0.2, -0.15) is 0 Å². The molecule has 0 bridgehead atoms. The smallest absolute Gasteiger partial charge is 0.127 e. The number of hydrogen-bond donors (Lipinski definition) is 2. The van der Waals surface area contributed by atoms with Gasteiger partial charge in [0.25, 0.3) is 0 Å². The molecule has 1 unspecified atom stereocenters. The number of rotatable bonds is 4. The van der Waals surface area contributed by atoms with E-state index in [2.05, 4.69) is 27.4 Å². The van der Waals surface area contributed by atoms with Crippen molar-refractivity contribution in [2.75, 3.05) is 31.5 Å². The van der Waals surface area contributed by atoms with Gasteiger partial charge in [-0.3, -0.25) is 4.90 Å². The van der Waals surface area contributed by atoms with Gasteiger partial charge in [-0.25, -0.2) is 4.98 Å². The van der Waals surface area contributed by atoms with Crippen molar-refractivity contribution in [1.29, 1.82) is 0 Å². The van der Waals surface area contributed by atoms with Crippen LogP contribution >= 0.6 is 0 Å². The molecule has 88 valence electrons. The lowest BCUT2D eigenvalue weighted by Gasteiger charge is -2.35. The molecule has 1 aliphatic rings. The fraction of sp³-hybridized carbons (Fsp3) is 0.583. The number of nitrogens with zero attached hydrogens (tertiary/aromatic N) is 2. The Bertz CT molecular complexity index is 295. The molecule has 1 aromatic heterocycles. The molecule has 1 aliphatic heterocycles. The highest BCUT2D eigenvalue weighted by Crippen LogP contribution is 2.09. The average molecular weight is 220 g/mol.